The predicted molar refractivity (Wildman–Crippen MR) is 76.5 cm³/mol. The van der Waals surface area contributed by atoms with Gasteiger partial charge in [0.2, 0.25) is 0 Å². The quantitative estimate of drug-likeness (QED) is 0.928. The molecule has 5 nitrogen and oxygen atoms in total. The summed E-state index contributed by atoms with van der Waals surface area (Å²) in [4.78, 5) is 0. The summed E-state index contributed by atoms with van der Waals surface area (Å²) in [6.07, 6.45) is 2.48. The molecule has 0 aliphatic heterocycles. The largest absolute Gasteiger partial charge is 0.307 e. The highest BCUT2D eigenvalue weighted by atomic mass is 79.9. The Bertz CT molecular complexity index is 608. The SMILES string of the molecule is Cc1cc(Br)c(-n2nnnc2CNC2CC2)cc1Cl. The highest BCUT2D eigenvalue weighted by molar-refractivity contribution is 9.10. The first-order valence-electron chi connectivity index (χ1n) is 6.12. The van der Waals surface area contributed by atoms with Gasteiger partial charge in [-0.25, -0.2) is 0 Å². The van der Waals surface area contributed by atoms with Crippen molar-refractivity contribution in [3.8, 4) is 5.69 Å². The standard InChI is InChI=1S/C12H13BrClN5/c1-7-4-9(13)11(5-10(7)14)19-12(16-17-18-19)6-15-8-2-3-8/h4-5,8,15H,2-3,6H2,1H3. The minimum absolute atomic E-state index is 0.621. The highest BCUT2D eigenvalue weighted by Gasteiger charge is 2.22. The lowest BCUT2D eigenvalue weighted by molar-refractivity contribution is 0.637. The summed E-state index contributed by atoms with van der Waals surface area (Å²) in [5.74, 6) is 0.785. The van der Waals surface area contributed by atoms with Crippen LogP contribution in [0.1, 0.15) is 24.2 Å². The Morgan fingerprint density at radius 3 is 3.00 bits per heavy atom. The van der Waals surface area contributed by atoms with Crippen molar-refractivity contribution >= 4 is 27.5 Å². The Hall–Kier alpha value is -0.980. The lowest BCUT2D eigenvalue weighted by Gasteiger charge is -2.09. The van der Waals surface area contributed by atoms with Crippen molar-refractivity contribution in [3.63, 3.8) is 0 Å². The Labute approximate surface area is 124 Å². The van der Waals surface area contributed by atoms with E-state index < -0.39 is 0 Å². The summed E-state index contributed by atoms with van der Waals surface area (Å²) in [6.45, 7) is 2.63. The summed E-state index contributed by atoms with van der Waals surface area (Å²) in [5, 5.41) is 16.0. The van der Waals surface area contributed by atoms with Crippen molar-refractivity contribution in [2.24, 2.45) is 0 Å². The second-order valence-corrected chi connectivity index (χ2v) is 5.98. The maximum Gasteiger partial charge on any atom is 0.170 e. The van der Waals surface area contributed by atoms with E-state index in [2.05, 4.69) is 36.8 Å². The van der Waals surface area contributed by atoms with Gasteiger partial charge in [0.15, 0.2) is 5.82 Å². The average molecular weight is 343 g/mol. The summed E-state index contributed by atoms with van der Waals surface area (Å²) >= 11 is 9.71. The van der Waals surface area contributed by atoms with Crippen molar-refractivity contribution in [2.45, 2.75) is 32.4 Å². The van der Waals surface area contributed by atoms with Crippen LogP contribution >= 0.6 is 27.5 Å². The highest BCUT2D eigenvalue weighted by Crippen LogP contribution is 2.28. The molecule has 19 heavy (non-hydrogen) atoms. The van der Waals surface area contributed by atoms with Crippen molar-refractivity contribution < 1.29 is 0 Å². The maximum absolute atomic E-state index is 6.17. The van der Waals surface area contributed by atoms with Gasteiger partial charge in [-0.15, -0.1) is 5.10 Å². The summed E-state index contributed by atoms with van der Waals surface area (Å²) in [5.41, 5.74) is 1.87. The van der Waals surface area contributed by atoms with Crippen LogP contribution in [0.2, 0.25) is 5.02 Å². The van der Waals surface area contributed by atoms with E-state index in [4.69, 9.17) is 11.6 Å². The summed E-state index contributed by atoms with van der Waals surface area (Å²) in [6, 6.07) is 4.46. The van der Waals surface area contributed by atoms with Crippen molar-refractivity contribution in [2.75, 3.05) is 0 Å². The first-order chi connectivity index (χ1) is 9.15. The van der Waals surface area contributed by atoms with Gasteiger partial charge in [-0.05, 0) is 63.8 Å². The minimum atomic E-state index is 0.621. The van der Waals surface area contributed by atoms with Gasteiger partial charge in [-0.1, -0.05) is 11.6 Å². The monoisotopic (exact) mass is 341 g/mol. The van der Waals surface area contributed by atoms with E-state index >= 15 is 0 Å². The molecule has 1 aromatic carbocycles. The third kappa shape index (κ3) is 2.80. The number of benzene rings is 1. The zero-order valence-electron chi connectivity index (χ0n) is 10.4. The van der Waals surface area contributed by atoms with E-state index in [0.29, 0.717) is 17.6 Å². The van der Waals surface area contributed by atoms with E-state index in [-0.39, 0.29) is 0 Å². The van der Waals surface area contributed by atoms with Crippen LogP contribution in [-0.4, -0.2) is 26.2 Å². The molecule has 1 aliphatic rings. The first kappa shape index (κ1) is 13.0. The number of aryl methyl sites for hydroxylation is 1. The molecule has 1 saturated carbocycles. The second kappa shape index (κ2) is 5.19. The third-order valence-corrected chi connectivity index (χ3v) is 4.16. The van der Waals surface area contributed by atoms with Gasteiger partial charge in [-0.3, -0.25) is 0 Å². The zero-order chi connectivity index (χ0) is 13.4. The topological polar surface area (TPSA) is 55.6 Å². The smallest absolute Gasteiger partial charge is 0.170 e. The first-order valence-corrected chi connectivity index (χ1v) is 7.29. The molecule has 3 rings (SSSR count). The van der Waals surface area contributed by atoms with Crippen molar-refractivity contribution in [1.29, 1.82) is 0 Å². The van der Waals surface area contributed by atoms with Crippen LogP contribution in [-0.2, 0) is 6.54 Å². The number of hydrogen-bond donors (Lipinski definition) is 1. The van der Waals surface area contributed by atoms with Crippen LogP contribution in [0.25, 0.3) is 5.69 Å². The second-order valence-electron chi connectivity index (χ2n) is 4.71. The van der Waals surface area contributed by atoms with Gasteiger partial charge < -0.3 is 5.32 Å². The Morgan fingerprint density at radius 1 is 1.47 bits per heavy atom. The van der Waals surface area contributed by atoms with Crippen LogP contribution in [0.4, 0.5) is 0 Å². The van der Waals surface area contributed by atoms with Gasteiger partial charge in [0.05, 0.1) is 12.2 Å². The summed E-state index contributed by atoms with van der Waals surface area (Å²) in [7, 11) is 0. The Morgan fingerprint density at radius 2 is 2.26 bits per heavy atom. The molecule has 0 spiro atoms. The number of rotatable bonds is 4. The maximum atomic E-state index is 6.17. The van der Waals surface area contributed by atoms with Crippen LogP contribution in [0, 0.1) is 6.92 Å². The van der Waals surface area contributed by atoms with E-state index in [0.717, 1.165) is 21.5 Å². The molecule has 0 radical (unpaired) electrons. The summed E-state index contributed by atoms with van der Waals surface area (Å²) < 4.78 is 2.64. The van der Waals surface area contributed by atoms with E-state index in [1.165, 1.54) is 12.8 Å². The molecule has 0 atom stereocenters. The number of tetrazole rings is 1. The fourth-order valence-electron chi connectivity index (χ4n) is 1.82. The van der Waals surface area contributed by atoms with E-state index in [9.17, 15) is 0 Å². The van der Waals surface area contributed by atoms with Crippen LogP contribution < -0.4 is 5.32 Å². The lowest BCUT2D eigenvalue weighted by atomic mass is 10.2. The van der Waals surface area contributed by atoms with Gasteiger partial charge in [-0.2, -0.15) is 4.68 Å². The predicted octanol–water partition coefficient (Wildman–Crippen LogP) is 2.64. The molecule has 0 saturated heterocycles. The lowest BCUT2D eigenvalue weighted by Crippen LogP contribution is -2.19. The zero-order valence-corrected chi connectivity index (χ0v) is 12.7. The van der Waals surface area contributed by atoms with Crippen LogP contribution in [0.15, 0.2) is 16.6 Å². The molecule has 1 fully saturated rings. The molecule has 100 valence electrons. The van der Waals surface area contributed by atoms with Crippen LogP contribution in [0.5, 0.6) is 0 Å². The van der Waals surface area contributed by atoms with Gasteiger partial charge in [0.25, 0.3) is 0 Å². The molecule has 0 amide bonds. The Balaban J connectivity index is 1.92. The fraction of sp³-hybridized carbons (Fsp3) is 0.417. The van der Waals surface area contributed by atoms with Crippen LogP contribution in [0.3, 0.4) is 0 Å². The fourth-order valence-corrected chi connectivity index (χ4v) is 2.61. The molecule has 0 bridgehead atoms. The van der Waals surface area contributed by atoms with E-state index in [1.54, 1.807) is 4.68 Å². The number of halogens is 2. The normalized spacial score (nSPS) is 14.9. The number of nitrogens with zero attached hydrogens (tertiary/aromatic N) is 4. The molecular formula is C12H13BrClN5. The van der Waals surface area contributed by atoms with E-state index in [1.807, 2.05) is 19.1 Å². The molecular weight excluding hydrogens is 330 g/mol. The number of nitrogens with one attached hydrogen (secondary N) is 1. The molecule has 1 aromatic heterocycles. The van der Waals surface area contributed by atoms with Gasteiger partial charge in [0, 0.05) is 15.5 Å². The van der Waals surface area contributed by atoms with Gasteiger partial charge >= 0.3 is 0 Å². The minimum Gasteiger partial charge on any atom is -0.307 e. The molecule has 7 heteroatoms. The molecule has 1 aliphatic carbocycles. The third-order valence-electron chi connectivity index (χ3n) is 3.12. The molecule has 2 aromatic rings. The average Bonchev–Trinajstić information content (AvgIpc) is 3.09. The number of aromatic nitrogens is 4. The van der Waals surface area contributed by atoms with Gasteiger partial charge in [0.1, 0.15) is 0 Å². The Kier molecular flexibility index (Phi) is 3.56. The molecule has 1 N–H and O–H groups in total. The van der Waals surface area contributed by atoms with Crippen molar-refractivity contribution in [3.05, 3.63) is 33.0 Å². The molecule has 0 unspecified atom stereocenters. The van der Waals surface area contributed by atoms with Crippen molar-refractivity contribution in [1.82, 2.24) is 25.5 Å². The number of hydrogen-bond acceptors (Lipinski definition) is 4. The molecule has 1 heterocycles.